The molecule has 0 unspecified atom stereocenters. The minimum absolute atomic E-state index is 0.0863. The van der Waals surface area contributed by atoms with Crippen molar-refractivity contribution < 1.29 is 31.9 Å². The highest BCUT2D eigenvalue weighted by Gasteiger charge is 2.40. The quantitative estimate of drug-likeness (QED) is 0.401. The second-order valence-corrected chi connectivity index (χ2v) is 7.46. The summed E-state index contributed by atoms with van der Waals surface area (Å²) in [5.74, 6) is -2.07. The SMILES string of the molecule is CC(=O)Nc1cccc(OCCCNC(=O)c2cc(-c3ccc(Cl)cc3)oc2C(F)(F)F)c1. The molecule has 0 radical (unpaired) electrons. The molecule has 0 bridgehead atoms. The average molecular weight is 481 g/mol. The molecule has 3 aromatic rings. The fraction of sp³-hybridized carbons (Fsp3) is 0.217. The zero-order chi connectivity index (χ0) is 24.0. The van der Waals surface area contributed by atoms with Crippen LogP contribution >= 0.6 is 11.6 Å². The van der Waals surface area contributed by atoms with Gasteiger partial charge in [0.05, 0.1) is 12.2 Å². The fourth-order valence-corrected chi connectivity index (χ4v) is 3.08. The number of carbonyl (C=O) groups is 2. The first-order valence-electron chi connectivity index (χ1n) is 9.89. The Balaban J connectivity index is 1.59. The van der Waals surface area contributed by atoms with Gasteiger partial charge < -0.3 is 19.8 Å². The van der Waals surface area contributed by atoms with Gasteiger partial charge in [-0.15, -0.1) is 0 Å². The van der Waals surface area contributed by atoms with E-state index in [1.54, 1.807) is 24.3 Å². The molecule has 0 saturated carbocycles. The van der Waals surface area contributed by atoms with Crippen molar-refractivity contribution in [1.29, 1.82) is 0 Å². The third-order valence-electron chi connectivity index (χ3n) is 4.39. The Morgan fingerprint density at radius 3 is 2.48 bits per heavy atom. The summed E-state index contributed by atoms with van der Waals surface area (Å²) in [5, 5.41) is 5.50. The van der Waals surface area contributed by atoms with Crippen molar-refractivity contribution in [2.45, 2.75) is 19.5 Å². The largest absolute Gasteiger partial charge is 0.493 e. The molecule has 0 fully saturated rings. The topological polar surface area (TPSA) is 80.6 Å². The smallest absolute Gasteiger partial charge is 0.450 e. The Hall–Kier alpha value is -3.46. The first kappa shape index (κ1) is 24.2. The van der Waals surface area contributed by atoms with Crippen molar-refractivity contribution in [2.24, 2.45) is 0 Å². The van der Waals surface area contributed by atoms with Gasteiger partial charge in [-0.3, -0.25) is 9.59 Å². The van der Waals surface area contributed by atoms with E-state index in [4.69, 9.17) is 20.8 Å². The molecule has 3 rings (SSSR count). The maximum atomic E-state index is 13.4. The van der Waals surface area contributed by atoms with Crippen LogP contribution in [-0.2, 0) is 11.0 Å². The molecule has 0 aliphatic heterocycles. The van der Waals surface area contributed by atoms with Crippen LogP contribution in [0.2, 0.25) is 5.02 Å². The van der Waals surface area contributed by atoms with Crippen molar-refractivity contribution in [3.63, 3.8) is 0 Å². The Bertz CT molecular complexity index is 1130. The Morgan fingerprint density at radius 1 is 1.09 bits per heavy atom. The Morgan fingerprint density at radius 2 is 1.82 bits per heavy atom. The average Bonchev–Trinajstić information content (AvgIpc) is 3.20. The Labute approximate surface area is 192 Å². The Kier molecular flexibility index (Phi) is 7.65. The van der Waals surface area contributed by atoms with Crippen LogP contribution in [-0.4, -0.2) is 25.0 Å². The van der Waals surface area contributed by atoms with Crippen LogP contribution in [0.1, 0.15) is 29.5 Å². The minimum Gasteiger partial charge on any atom is -0.493 e. The predicted molar refractivity (Wildman–Crippen MR) is 117 cm³/mol. The number of benzene rings is 2. The zero-order valence-electron chi connectivity index (χ0n) is 17.5. The number of amides is 2. The van der Waals surface area contributed by atoms with Crippen molar-refractivity contribution in [1.82, 2.24) is 5.32 Å². The molecule has 10 heteroatoms. The van der Waals surface area contributed by atoms with Gasteiger partial charge >= 0.3 is 6.18 Å². The summed E-state index contributed by atoms with van der Waals surface area (Å²) in [6.45, 7) is 1.68. The number of ether oxygens (including phenoxy) is 1. The van der Waals surface area contributed by atoms with E-state index in [1.165, 1.54) is 31.2 Å². The lowest BCUT2D eigenvalue weighted by Crippen LogP contribution is -2.27. The molecule has 174 valence electrons. The molecule has 0 saturated heterocycles. The second-order valence-electron chi connectivity index (χ2n) is 7.03. The molecule has 2 N–H and O–H groups in total. The summed E-state index contributed by atoms with van der Waals surface area (Å²) >= 11 is 5.81. The van der Waals surface area contributed by atoms with Crippen LogP contribution in [0, 0.1) is 0 Å². The van der Waals surface area contributed by atoms with E-state index in [9.17, 15) is 22.8 Å². The number of hydrogen-bond donors (Lipinski definition) is 2. The molecule has 0 aliphatic rings. The number of halogens is 4. The molecule has 0 aliphatic carbocycles. The van der Waals surface area contributed by atoms with Crippen molar-refractivity contribution in [3.8, 4) is 17.1 Å². The molecule has 0 atom stereocenters. The van der Waals surface area contributed by atoms with Crippen LogP contribution in [0.15, 0.2) is 59.0 Å². The normalized spacial score (nSPS) is 11.2. The van der Waals surface area contributed by atoms with Gasteiger partial charge in [-0.1, -0.05) is 17.7 Å². The predicted octanol–water partition coefficient (Wildman–Crippen LogP) is 5.78. The molecule has 1 aromatic heterocycles. The molecular formula is C23H20ClF3N2O4. The molecule has 2 aromatic carbocycles. The highest BCUT2D eigenvalue weighted by atomic mass is 35.5. The minimum atomic E-state index is -4.83. The third-order valence-corrected chi connectivity index (χ3v) is 4.64. The number of alkyl halides is 3. The van der Waals surface area contributed by atoms with Gasteiger partial charge in [0.15, 0.2) is 0 Å². The van der Waals surface area contributed by atoms with Gasteiger partial charge in [0.1, 0.15) is 11.5 Å². The van der Waals surface area contributed by atoms with E-state index in [0.29, 0.717) is 28.4 Å². The van der Waals surface area contributed by atoms with E-state index < -0.39 is 23.4 Å². The zero-order valence-corrected chi connectivity index (χ0v) is 18.2. The number of nitrogens with one attached hydrogen (secondary N) is 2. The maximum Gasteiger partial charge on any atom is 0.450 e. The van der Waals surface area contributed by atoms with Crippen molar-refractivity contribution in [3.05, 3.63) is 70.9 Å². The highest BCUT2D eigenvalue weighted by molar-refractivity contribution is 6.30. The van der Waals surface area contributed by atoms with E-state index in [0.717, 1.165) is 6.07 Å². The fourth-order valence-electron chi connectivity index (χ4n) is 2.95. The van der Waals surface area contributed by atoms with Crippen LogP contribution in [0.5, 0.6) is 5.75 Å². The van der Waals surface area contributed by atoms with Crippen LogP contribution < -0.4 is 15.4 Å². The van der Waals surface area contributed by atoms with Crippen molar-refractivity contribution in [2.75, 3.05) is 18.5 Å². The van der Waals surface area contributed by atoms with Gasteiger partial charge in [0.2, 0.25) is 11.7 Å². The number of anilines is 1. The highest BCUT2D eigenvalue weighted by Crippen LogP contribution is 2.37. The summed E-state index contributed by atoms with van der Waals surface area (Å²) in [6, 6.07) is 13.8. The van der Waals surface area contributed by atoms with Crippen molar-refractivity contribution >= 4 is 29.1 Å². The number of hydrogen-bond acceptors (Lipinski definition) is 4. The lowest BCUT2D eigenvalue weighted by molar-refractivity contribution is -0.153. The summed E-state index contributed by atoms with van der Waals surface area (Å²) in [6.07, 6.45) is -4.49. The maximum absolute atomic E-state index is 13.4. The summed E-state index contributed by atoms with van der Waals surface area (Å²) < 4.78 is 50.7. The van der Waals surface area contributed by atoms with Gasteiger partial charge in [0.25, 0.3) is 5.91 Å². The second kappa shape index (κ2) is 10.4. The van der Waals surface area contributed by atoms with E-state index in [-0.39, 0.29) is 24.8 Å². The van der Waals surface area contributed by atoms with Gasteiger partial charge in [-0.2, -0.15) is 13.2 Å². The van der Waals surface area contributed by atoms with E-state index in [2.05, 4.69) is 10.6 Å². The summed E-state index contributed by atoms with van der Waals surface area (Å²) in [7, 11) is 0. The number of carbonyl (C=O) groups excluding carboxylic acids is 2. The molecule has 6 nitrogen and oxygen atoms in total. The summed E-state index contributed by atoms with van der Waals surface area (Å²) in [4.78, 5) is 23.5. The van der Waals surface area contributed by atoms with Crippen LogP contribution in [0.25, 0.3) is 11.3 Å². The first-order chi connectivity index (χ1) is 15.6. The summed E-state index contributed by atoms with van der Waals surface area (Å²) in [5.41, 5.74) is 0.333. The van der Waals surface area contributed by atoms with Crippen LogP contribution in [0.3, 0.4) is 0 Å². The lowest BCUT2D eigenvalue weighted by atomic mass is 10.1. The van der Waals surface area contributed by atoms with E-state index in [1.807, 2.05) is 0 Å². The molecule has 2 amide bonds. The number of rotatable bonds is 8. The third kappa shape index (κ3) is 6.76. The molecule has 1 heterocycles. The van der Waals surface area contributed by atoms with Gasteiger partial charge in [0, 0.05) is 35.8 Å². The van der Waals surface area contributed by atoms with Crippen LogP contribution in [0.4, 0.5) is 18.9 Å². The molecule has 0 spiro atoms. The molecule has 33 heavy (non-hydrogen) atoms. The first-order valence-corrected chi connectivity index (χ1v) is 10.3. The molecular weight excluding hydrogens is 461 g/mol. The van der Waals surface area contributed by atoms with Gasteiger partial charge in [-0.25, -0.2) is 0 Å². The lowest BCUT2D eigenvalue weighted by Gasteiger charge is -2.09. The standard InChI is InChI=1S/C23H20ClF3N2O4/c1-14(30)29-17-4-2-5-18(12-17)32-11-3-10-28-22(31)19-13-20(33-21(19)23(25,26)27)15-6-8-16(24)9-7-15/h2,4-9,12-13H,3,10-11H2,1H3,(H,28,31)(H,29,30). The van der Waals surface area contributed by atoms with E-state index >= 15 is 0 Å². The number of furan rings is 1. The van der Waals surface area contributed by atoms with Gasteiger partial charge in [-0.05, 0) is 48.9 Å². The monoisotopic (exact) mass is 480 g/mol.